The van der Waals surface area contributed by atoms with E-state index in [0.717, 1.165) is 10.0 Å². The van der Waals surface area contributed by atoms with E-state index in [1.54, 1.807) is 67.8 Å². The van der Waals surface area contributed by atoms with Crippen molar-refractivity contribution in [2.45, 2.75) is 23.4 Å². The van der Waals surface area contributed by atoms with Crippen molar-refractivity contribution >= 4 is 31.9 Å². The van der Waals surface area contributed by atoms with E-state index < -0.39 is 28.1 Å². The number of ether oxygens (including phenoxy) is 1. The van der Waals surface area contributed by atoms with Gasteiger partial charge in [0.1, 0.15) is 5.75 Å². The van der Waals surface area contributed by atoms with Gasteiger partial charge in [0.15, 0.2) is 0 Å². The first-order chi connectivity index (χ1) is 15.8. The number of benzene rings is 3. The minimum Gasteiger partial charge on any atom is -0.497 e. The Morgan fingerprint density at radius 2 is 1.58 bits per heavy atom. The lowest BCUT2D eigenvalue weighted by atomic mass is 9.89. The Labute approximate surface area is 201 Å². The lowest BCUT2D eigenvalue weighted by molar-refractivity contribution is -0.133. The Balaban J connectivity index is 1.94. The Morgan fingerprint density at radius 3 is 2.15 bits per heavy atom. The van der Waals surface area contributed by atoms with E-state index in [1.807, 2.05) is 12.1 Å². The minimum absolute atomic E-state index is 0.0293. The number of hydrogen-bond acceptors (Lipinski definition) is 4. The molecule has 170 valence electrons. The van der Waals surface area contributed by atoms with E-state index >= 15 is 0 Å². The van der Waals surface area contributed by atoms with Crippen LogP contribution in [0.2, 0.25) is 0 Å². The molecule has 0 amide bonds. The Hall–Kier alpha value is -2.94. The smallest absolute Gasteiger partial charge is 0.333 e. The molecule has 0 spiro atoms. The summed E-state index contributed by atoms with van der Waals surface area (Å²) in [6.07, 6.45) is 1.86. The van der Waals surface area contributed by atoms with Gasteiger partial charge in [-0.3, -0.25) is 0 Å². The van der Waals surface area contributed by atoms with Crippen molar-refractivity contribution in [3.05, 3.63) is 106 Å². The first kappa shape index (κ1) is 23.2. The van der Waals surface area contributed by atoms with Gasteiger partial charge in [-0.1, -0.05) is 64.5 Å². The molecule has 1 heterocycles. The highest BCUT2D eigenvalue weighted by Gasteiger charge is 2.44. The number of sulfonamides is 1. The SMILES string of the molecule is COc1ccc([C@@H]2CC=C(C(=O)O)[C@H](c3ccc(Br)cc3)N2S(=O)(=O)c2ccccc2)cc1. The first-order valence-corrected chi connectivity index (χ1v) is 12.5. The van der Waals surface area contributed by atoms with Crippen LogP contribution in [-0.4, -0.2) is 30.9 Å². The first-order valence-electron chi connectivity index (χ1n) is 10.2. The molecular weight excluding hydrogens is 506 g/mol. The fourth-order valence-electron chi connectivity index (χ4n) is 4.08. The molecule has 0 unspecified atom stereocenters. The van der Waals surface area contributed by atoms with Crippen LogP contribution in [0.4, 0.5) is 0 Å². The number of carbonyl (C=O) groups is 1. The van der Waals surface area contributed by atoms with E-state index in [2.05, 4.69) is 15.9 Å². The van der Waals surface area contributed by atoms with Gasteiger partial charge in [-0.2, -0.15) is 4.31 Å². The quantitative estimate of drug-likeness (QED) is 0.467. The van der Waals surface area contributed by atoms with Gasteiger partial charge in [-0.25, -0.2) is 13.2 Å². The minimum atomic E-state index is -4.06. The van der Waals surface area contributed by atoms with Crippen molar-refractivity contribution in [2.24, 2.45) is 0 Å². The molecule has 0 aliphatic carbocycles. The zero-order valence-electron chi connectivity index (χ0n) is 17.8. The molecule has 0 aromatic heterocycles. The van der Waals surface area contributed by atoms with Crippen molar-refractivity contribution in [1.29, 1.82) is 0 Å². The van der Waals surface area contributed by atoms with E-state index in [4.69, 9.17) is 4.74 Å². The second-order valence-corrected chi connectivity index (χ2v) is 10.4. The fraction of sp³-hybridized carbons (Fsp3) is 0.160. The molecule has 1 aliphatic rings. The maximum atomic E-state index is 14.0. The lowest BCUT2D eigenvalue weighted by Gasteiger charge is -2.40. The summed E-state index contributed by atoms with van der Waals surface area (Å²) in [6, 6.07) is 20.7. The zero-order valence-corrected chi connectivity index (χ0v) is 20.2. The van der Waals surface area contributed by atoms with Gasteiger partial charge in [-0.05, 0) is 53.9 Å². The lowest BCUT2D eigenvalue weighted by Crippen LogP contribution is -2.42. The number of methoxy groups -OCH3 is 1. The molecule has 3 aromatic rings. The van der Waals surface area contributed by atoms with Crippen LogP contribution in [0.1, 0.15) is 29.6 Å². The van der Waals surface area contributed by atoms with Crippen LogP contribution in [0.25, 0.3) is 0 Å². The molecule has 3 aromatic carbocycles. The van der Waals surface area contributed by atoms with Gasteiger partial charge in [0.05, 0.1) is 29.7 Å². The third-order valence-corrected chi connectivity index (χ3v) is 8.09. The predicted octanol–water partition coefficient (Wildman–Crippen LogP) is 5.35. The molecule has 8 heteroatoms. The van der Waals surface area contributed by atoms with E-state index in [9.17, 15) is 18.3 Å². The molecule has 0 saturated heterocycles. The molecule has 0 fully saturated rings. The largest absolute Gasteiger partial charge is 0.497 e. The summed E-state index contributed by atoms with van der Waals surface area (Å²) in [4.78, 5) is 12.3. The molecule has 6 nitrogen and oxygen atoms in total. The third kappa shape index (κ3) is 4.59. The third-order valence-electron chi connectivity index (χ3n) is 5.67. The zero-order chi connectivity index (χ0) is 23.6. The number of carboxylic acid groups (broad SMARTS) is 1. The van der Waals surface area contributed by atoms with Crippen LogP contribution >= 0.6 is 15.9 Å². The molecule has 1 N–H and O–H groups in total. The summed E-state index contributed by atoms with van der Waals surface area (Å²) in [5, 5.41) is 9.99. The van der Waals surface area contributed by atoms with Gasteiger partial charge < -0.3 is 9.84 Å². The van der Waals surface area contributed by atoms with E-state index in [0.29, 0.717) is 11.3 Å². The van der Waals surface area contributed by atoms with E-state index in [1.165, 1.54) is 16.4 Å². The van der Waals surface area contributed by atoms with Crippen LogP contribution in [0.15, 0.2) is 99.9 Å². The van der Waals surface area contributed by atoms with Crippen molar-refractivity contribution in [3.63, 3.8) is 0 Å². The molecular formula is C25H22BrNO5S. The van der Waals surface area contributed by atoms with Crippen molar-refractivity contribution in [2.75, 3.05) is 7.11 Å². The summed E-state index contributed by atoms with van der Waals surface area (Å²) in [7, 11) is -2.50. The number of carboxylic acids is 1. The maximum absolute atomic E-state index is 14.0. The van der Waals surface area contributed by atoms with Crippen LogP contribution < -0.4 is 4.74 Å². The highest BCUT2D eigenvalue weighted by atomic mass is 79.9. The van der Waals surface area contributed by atoms with Gasteiger partial charge in [0, 0.05) is 4.47 Å². The highest BCUT2D eigenvalue weighted by molar-refractivity contribution is 9.10. The number of hydrogen-bond donors (Lipinski definition) is 1. The van der Waals surface area contributed by atoms with Crippen molar-refractivity contribution in [3.8, 4) is 5.75 Å². The fourth-order valence-corrected chi connectivity index (χ4v) is 6.14. The van der Waals surface area contributed by atoms with Gasteiger partial charge in [0.2, 0.25) is 10.0 Å². The van der Waals surface area contributed by atoms with Crippen molar-refractivity contribution < 1.29 is 23.1 Å². The molecule has 4 rings (SSSR count). The summed E-state index contributed by atoms with van der Waals surface area (Å²) < 4.78 is 35.4. The summed E-state index contributed by atoms with van der Waals surface area (Å²) in [5.74, 6) is -0.498. The van der Waals surface area contributed by atoms with Crippen LogP contribution in [0.5, 0.6) is 5.75 Å². The molecule has 0 saturated carbocycles. The average molecular weight is 528 g/mol. The summed E-state index contributed by atoms with van der Waals surface area (Å²) >= 11 is 3.39. The second kappa shape index (κ2) is 9.51. The van der Waals surface area contributed by atoms with Gasteiger partial charge >= 0.3 is 5.97 Å². The molecule has 33 heavy (non-hydrogen) atoms. The van der Waals surface area contributed by atoms with E-state index in [-0.39, 0.29) is 16.9 Å². The Morgan fingerprint density at radius 1 is 0.970 bits per heavy atom. The predicted molar refractivity (Wildman–Crippen MR) is 128 cm³/mol. The summed E-state index contributed by atoms with van der Waals surface area (Å²) in [5.41, 5.74) is 1.35. The standard InChI is InChI=1S/C25H22BrNO5S/c1-32-20-13-9-17(10-14-20)23-16-15-22(25(28)29)24(18-7-11-19(26)12-8-18)27(23)33(30,31)21-5-3-2-4-6-21/h2-15,23-24H,16H2,1H3,(H,28,29)/t23-,24-/m0/s1. The topological polar surface area (TPSA) is 83.9 Å². The number of rotatable bonds is 6. The normalized spacial score (nSPS) is 19.0. The molecule has 1 aliphatic heterocycles. The monoisotopic (exact) mass is 527 g/mol. The molecule has 0 radical (unpaired) electrons. The Bertz CT molecular complexity index is 1270. The van der Waals surface area contributed by atoms with Gasteiger partial charge in [-0.15, -0.1) is 0 Å². The van der Waals surface area contributed by atoms with Crippen LogP contribution in [0.3, 0.4) is 0 Å². The maximum Gasteiger partial charge on any atom is 0.333 e. The molecule has 2 atom stereocenters. The summed E-state index contributed by atoms with van der Waals surface area (Å²) in [6.45, 7) is 0. The number of aliphatic carboxylic acids is 1. The number of halogens is 1. The van der Waals surface area contributed by atoms with Crippen molar-refractivity contribution in [1.82, 2.24) is 4.31 Å². The highest BCUT2D eigenvalue weighted by Crippen LogP contribution is 2.45. The van der Waals surface area contributed by atoms with Gasteiger partial charge in [0.25, 0.3) is 0 Å². The average Bonchev–Trinajstić information content (AvgIpc) is 2.84. The molecule has 0 bridgehead atoms. The number of nitrogens with zero attached hydrogens (tertiary/aromatic N) is 1. The van der Waals surface area contributed by atoms with Crippen LogP contribution in [0, 0.1) is 0 Å². The Kier molecular flexibility index (Phi) is 6.69. The van der Waals surface area contributed by atoms with Crippen LogP contribution in [-0.2, 0) is 14.8 Å². The second-order valence-electron chi connectivity index (χ2n) is 7.59.